The zero-order valence-electron chi connectivity index (χ0n) is 8.98. The Hall–Kier alpha value is -2.36. The Morgan fingerprint density at radius 3 is 2.47 bits per heavy atom. The van der Waals surface area contributed by atoms with Gasteiger partial charge in [0, 0.05) is 11.3 Å². The van der Waals surface area contributed by atoms with E-state index in [4.69, 9.17) is 5.73 Å². The lowest BCUT2D eigenvalue weighted by Gasteiger charge is -2.06. The van der Waals surface area contributed by atoms with E-state index >= 15 is 0 Å². The molecule has 0 spiro atoms. The fourth-order valence-corrected chi connectivity index (χ4v) is 1.40. The van der Waals surface area contributed by atoms with Crippen molar-refractivity contribution in [1.29, 1.82) is 0 Å². The summed E-state index contributed by atoms with van der Waals surface area (Å²) in [7, 11) is 0. The standard InChI is InChI=1S/C13H11FN2O/c14-11-8-10(6-7-12(11)15)16-13(17)9-4-2-1-3-5-9/h1-8H,15H2,(H,16,17). The van der Waals surface area contributed by atoms with Crippen LogP contribution in [0, 0.1) is 5.82 Å². The Morgan fingerprint density at radius 2 is 1.82 bits per heavy atom. The molecule has 3 nitrogen and oxygen atoms in total. The molecule has 0 aliphatic carbocycles. The molecular formula is C13H11FN2O. The number of hydrogen-bond donors (Lipinski definition) is 2. The van der Waals surface area contributed by atoms with E-state index in [1.165, 1.54) is 12.1 Å². The van der Waals surface area contributed by atoms with E-state index in [1.54, 1.807) is 30.3 Å². The molecule has 0 bridgehead atoms. The maximum absolute atomic E-state index is 13.2. The van der Waals surface area contributed by atoms with Gasteiger partial charge in [-0.1, -0.05) is 18.2 Å². The van der Waals surface area contributed by atoms with Crippen molar-refractivity contribution in [1.82, 2.24) is 0 Å². The third-order valence-electron chi connectivity index (χ3n) is 2.29. The van der Waals surface area contributed by atoms with Crippen molar-refractivity contribution in [2.24, 2.45) is 0 Å². The van der Waals surface area contributed by atoms with Crippen LogP contribution in [0.4, 0.5) is 15.8 Å². The van der Waals surface area contributed by atoms with Crippen molar-refractivity contribution in [3.8, 4) is 0 Å². The molecule has 3 N–H and O–H groups in total. The van der Waals surface area contributed by atoms with E-state index < -0.39 is 5.82 Å². The Balaban J connectivity index is 2.16. The monoisotopic (exact) mass is 230 g/mol. The second-order valence-electron chi connectivity index (χ2n) is 3.56. The molecule has 17 heavy (non-hydrogen) atoms. The summed E-state index contributed by atoms with van der Waals surface area (Å²) in [5, 5.41) is 2.59. The second-order valence-corrected chi connectivity index (χ2v) is 3.56. The normalized spacial score (nSPS) is 9.94. The Kier molecular flexibility index (Phi) is 3.05. The molecule has 0 atom stereocenters. The Bertz CT molecular complexity index is 540. The number of rotatable bonds is 2. The summed E-state index contributed by atoms with van der Waals surface area (Å²) < 4.78 is 13.2. The number of carbonyl (C=O) groups is 1. The first kappa shape index (κ1) is 11.1. The first-order valence-electron chi connectivity index (χ1n) is 5.08. The number of hydrogen-bond acceptors (Lipinski definition) is 2. The molecule has 0 fully saturated rings. The van der Waals surface area contributed by atoms with E-state index in [-0.39, 0.29) is 11.6 Å². The van der Waals surface area contributed by atoms with E-state index in [0.717, 1.165) is 0 Å². The predicted molar refractivity (Wildman–Crippen MR) is 65.2 cm³/mol. The summed E-state index contributed by atoms with van der Waals surface area (Å²) in [6.45, 7) is 0. The highest BCUT2D eigenvalue weighted by Crippen LogP contribution is 2.16. The van der Waals surface area contributed by atoms with Crippen LogP contribution in [-0.2, 0) is 0 Å². The lowest BCUT2D eigenvalue weighted by molar-refractivity contribution is 0.102. The highest BCUT2D eigenvalue weighted by molar-refractivity contribution is 6.04. The van der Waals surface area contributed by atoms with Gasteiger partial charge in [-0.2, -0.15) is 0 Å². The van der Waals surface area contributed by atoms with Crippen molar-refractivity contribution < 1.29 is 9.18 Å². The molecule has 2 rings (SSSR count). The molecule has 2 aromatic carbocycles. The van der Waals surface area contributed by atoms with E-state index in [2.05, 4.69) is 5.32 Å². The summed E-state index contributed by atoms with van der Waals surface area (Å²) >= 11 is 0. The van der Waals surface area contributed by atoms with E-state index in [1.807, 2.05) is 6.07 Å². The molecule has 0 aromatic heterocycles. The Morgan fingerprint density at radius 1 is 1.12 bits per heavy atom. The molecule has 0 heterocycles. The minimum atomic E-state index is -0.545. The van der Waals surface area contributed by atoms with Crippen LogP contribution in [0.15, 0.2) is 48.5 Å². The zero-order chi connectivity index (χ0) is 12.3. The maximum Gasteiger partial charge on any atom is 0.255 e. The van der Waals surface area contributed by atoms with Gasteiger partial charge < -0.3 is 11.1 Å². The zero-order valence-corrected chi connectivity index (χ0v) is 8.98. The molecule has 0 radical (unpaired) electrons. The summed E-state index contributed by atoms with van der Waals surface area (Å²) in [5.74, 6) is -0.828. The van der Waals surface area contributed by atoms with Crippen LogP contribution < -0.4 is 11.1 Å². The third-order valence-corrected chi connectivity index (χ3v) is 2.29. The van der Waals surface area contributed by atoms with Crippen molar-refractivity contribution in [3.63, 3.8) is 0 Å². The average molecular weight is 230 g/mol. The number of nitrogens with one attached hydrogen (secondary N) is 1. The molecule has 4 heteroatoms. The molecule has 2 aromatic rings. The number of anilines is 2. The third kappa shape index (κ3) is 2.60. The van der Waals surface area contributed by atoms with E-state index in [0.29, 0.717) is 11.3 Å². The first-order valence-corrected chi connectivity index (χ1v) is 5.08. The van der Waals surface area contributed by atoms with Crippen molar-refractivity contribution >= 4 is 17.3 Å². The topological polar surface area (TPSA) is 55.1 Å². The molecule has 0 aliphatic heterocycles. The number of benzene rings is 2. The molecule has 86 valence electrons. The maximum atomic E-state index is 13.2. The van der Waals surface area contributed by atoms with Crippen molar-refractivity contribution in [3.05, 3.63) is 59.9 Å². The summed E-state index contributed by atoms with van der Waals surface area (Å²) in [6.07, 6.45) is 0. The predicted octanol–water partition coefficient (Wildman–Crippen LogP) is 2.66. The van der Waals surface area contributed by atoms with Gasteiger partial charge in [-0.25, -0.2) is 4.39 Å². The SMILES string of the molecule is Nc1ccc(NC(=O)c2ccccc2)cc1F. The number of nitrogens with two attached hydrogens (primary N) is 1. The number of halogens is 1. The minimum Gasteiger partial charge on any atom is -0.396 e. The van der Waals surface area contributed by atoms with Gasteiger partial charge in [-0.05, 0) is 30.3 Å². The summed E-state index contributed by atoms with van der Waals surface area (Å²) in [4.78, 5) is 11.7. The van der Waals surface area contributed by atoms with Crippen LogP contribution in [0.2, 0.25) is 0 Å². The number of carbonyl (C=O) groups excluding carboxylic acids is 1. The second kappa shape index (κ2) is 4.65. The molecule has 1 amide bonds. The number of nitrogen functional groups attached to an aromatic ring is 1. The lowest BCUT2D eigenvalue weighted by atomic mass is 10.2. The molecule has 0 aliphatic rings. The van der Waals surface area contributed by atoms with Gasteiger partial charge >= 0.3 is 0 Å². The summed E-state index contributed by atoms with van der Waals surface area (Å²) in [5.41, 5.74) is 6.30. The highest BCUT2D eigenvalue weighted by Gasteiger charge is 2.06. The van der Waals surface area contributed by atoms with Gasteiger partial charge in [0.25, 0.3) is 5.91 Å². The smallest absolute Gasteiger partial charge is 0.255 e. The molecule has 0 saturated carbocycles. The van der Waals surface area contributed by atoms with Crippen LogP contribution in [0.3, 0.4) is 0 Å². The van der Waals surface area contributed by atoms with Gasteiger partial charge in [0.1, 0.15) is 5.82 Å². The van der Waals surface area contributed by atoms with Crippen molar-refractivity contribution in [2.45, 2.75) is 0 Å². The van der Waals surface area contributed by atoms with Crippen LogP contribution in [0.5, 0.6) is 0 Å². The summed E-state index contributed by atoms with van der Waals surface area (Å²) in [6, 6.07) is 12.9. The molecule has 0 unspecified atom stereocenters. The van der Waals surface area contributed by atoms with Gasteiger partial charge in [0.15, 0.2) is 0 Å². The molecule has 0 saturated heterocycles. The average Bonchev–Trinajstić information content (AvgIpc) is 2.35. The van der Waals surface area contributed by atoms with Gasteiger partial charge in [0.05, 0.1) is 5.69 Å². The Labute approximate surface area is 98.1 Å². The quantitative estimate of drug-likeness (QED) is 0.779. The lowest BCUT2D eigenvalue weighted by Crippen LogP contribution is -2.11. The van der Waals surface area contributed by atoms with Crippen LogP contribution in [-0.4, -0.2) is 5.91 Å². The van der Waals surface area contributed by atoms with Gasteiger partial charge in [0.2, 0.25) is 0 Å². The fourth-order valence-electron chi connectivity index (χ4n) is 1.40. The van der Waals surface area contributed by atoms with Crippen LogP contribution in [0.1, 0.15) is 10.4 Å². The van der Waals surface area contributed by atoms with Gasteiger partial charge in [-0.3, -0.25) is 4.79 Å². The fraction of sp³-hybridized carbons (Fsp3) is 0. The van der Waals surface area contributed by atoms with E-state index in [9.17, 15) is 9.18 Å². The minimum absolute atomic E-state index is 0.0581. The number of amides is 1. The van der Waals surface area contributed by atoms with Crippen molar-refractivity contribution in [2.75, 3.05) is 11.1 Å². The largest absolute Gasteiger partial charge is 0.396 e. The van der Waals surface area contributed by atoms with Gasteiger partial charge in [-0.15, -0.1) is 0 Å². The highest BCUT2D eigenvalue weighted by atomic mass is 19.1. The molecular weight excluding hydrogens is 219 g/mol. The van der Waals surface area contributed by atoms with Crippen LogP contribution >= 0.6 is 0 Å². The van der Waals surface area contributed by atoms with Crippen LogP contribution in [0.25, 0.3) is 0 Å². The first-order chi connectivity index (χ1) is 8.16.